The van der Waals surface area contributed by atoms with Gasteiger partial charge in [-0.3, -0.25) is 9.59 Å². The molecule has 0 bridgehead atoms. The van der Waals surface area contributed by atoms with Crippen molar-refractivity contribution in [2.24, 2.45) is 11.1 Å². The Morgan fingerprint density at radius 3 is 2.45 bits per heavy atom. The third-order valence-electron chi connectivity index (χ3n) is 2.37. The van der Waals surface area contributed by atoms with Crippen LogP contribution in [0.25, 0.3) is 0 Å². The third-order valence-corrected chi connectivity index (χ3v) is 4.52. The van der Waals surface area contributed by atoms with E-state index in [2.05, 4.69) is 15.5 Å². The summed E-state index contributed by atoms with van der Waals surface area (Å²) in [6, 6.07) is 0. The zero-order valence-electron chi connectivity index (χ0n) is 11.1. The molecule has 0 aromatic carbocycles. The number of nitrogens with one attached hydrogen (secondary N) is 1. The Hall–Kier alpha value is -1.39. The molecule has 20 heavy (non-hydrogen) atoms. The fraction of sp³-hybridized carbons (Fsp3) is 0.600. The van der Waals surface area contributed by atoms with Crippen LogP contribution in [0.3, 0.4) is 0 Å². The van der Waals surface area contributed by atoms with E-state index in [0.717, 1.165) is 0 Å². The Balaban J connectivity index is 2.43. The van der Waals surface area contributed by atoms with Gasteiger partial charge in [0, 0.05) is 18.8 Å². The van der Waals surface area contributed by atoms with Gasteiger partial charge in [-0.05, 0) is 6.42 Å². The molecular formula is C10H16N4O4S2. The molecule has 0 atom stereocenters. The van der Waals surface area contributed by atoms with E-state index in [9.17, 15) is 18.0 Å². The van der Waals surface area contributed by atoms with Gasteiger partial charge in [0.25, 0.3) is 10.0 Å². The van der Waals surface area contributed by atoms with Crippen molar-refractivity contribution in [3.05, 3.63) is 0 Å². The standard InChI is InChI=1S/C10H16N4O4S2/c1-6(2)7(15)4-3-5-8(16)12-9-13-14-10(19-9)20(11,17)18/h6H,3-5H2,1-2H3,(H2,11,17,18)(H,12,13,16). The summed E-state index contributed by atoms with van der Waals surface area (Å²) in [7, 11) is -3.91. The number of aromatic nitrogens is 2. The van der Waals surface area contributed by atoms with E-state index >= 15 is 0 Å². The van der Waals surface area contributed by atoms with Crippen LogP contribution in [0.2, 0.25) is 0 Å². The molecule has 1 aromatic heterocycles. The lowest BCUT2D eigenvalue weighted by Gasteiger charge is -2.03. The quantitative estimate of drug-likeness (QED) is 0.704. The van der Waals surface area contributed by atoms with E-state index in [1.54, 1.807) is 13.8 Å². The number of hydrogen-bond acceptors (Lipinski definition) is 7. The first kappa shape index (κ1) is 16.7. The monoisotopic (exact) mass is 320 g/mol. The Morgan fingerprint density at radius 2 is 1.95 bits per heavy atom. The summed E-state index contributed by atoms with van der Waals surface area (Å²) in [6.45, 7) is 3.61. The number of nitrogens with two attached hydrogens (primary N) is 1. The maximum absolute atomic E-state index is 11.6. The Labute approximate surface area is 120 Å². The topological polar surface area (TPSA) is 132 Å². The molecule has 0 spiro atoms. The number of nitrogens with zero attached hydrogens (tertiary/aromatic N) is 2. The zero-order chi connectivity index (χ0) is 15.3. The van der Waals surface area contributed by atoms with Crippen molar-refractivity contribution in [2.75, 3.05) is 5.32 Å². The summed E-state index contributed by atoms with van der Waals surface area (Å²) in [5.74, 6) is -0.289. The second-order valence-corrected chi connectivity index (χ2v) is 7.15. The summed E-state index contributed by atoms with van der Waals surface area (Å²) in [5.41, 5.74) is 0. The van der Waals surface area contributed by atoms with Crippen molar-refractivity contribution in [1.29, 1.82) is 0 Å². The first-order valence-corrected chi connectivity index (χ1v) is 8.25. The molecule has 0 radical (unpaired) electrons. The lowest BCUT2D eigenvalue weighted by atomic mass is 10.0. The van der Waals surface area contributed by atoms with Crippen LogP contribution in [0.5, 0.6) is 0 Å². The minimum atomic E-state index is -3.91. The second kappa shape index (κ2) is 6.86. The number of carbonyl (C=O) groups is 2. The molecule has 1 heterocycles. The number of ketones is 1. The van der Waals surface area contributed by atoms with Crippen LogP contribution in [0.15, 0.2) is 4.34 Å². The van der Waals surface area contributed by atoms with E-state index in [1.165, 1.54) is 0 Å². The first-order chi connectivity index (χ1) is 9.20. The maximum atomic E-state index is 11.6. The molecule has 0 aliphatic heterocycles. The molecule has 1 aromatic rings. The predicted molar refractivity (Wildman–Crippen MR) is 73.6 cm³/mol. The van der Waals surface area contributed by atoms with Gasteiger partial charge in [-0.15, -0.1) is 10.2 Å². The fourth-order valence-electron chi connectivity index (χ4n) is 1.27. The van der Waals surface area contributed by atoms with Gasteiger partial charge in [0.05, 0.1) is 0 Å². The molecular weight excluding hydrogens is 304 g/mol. The number of carbonyl (C=O) groups excluding carboxylic acids is 2. The number of primary sulfonamides is 1. The van der Waals surface area contributed by atoms with Crippen LogP contribution in [0, 0.1) is 5.92 Å². The number of hydrogen-bond donors (Lipinski definition) is 2. The summed E-state index contributed by atoms with van der Waals surface area (Å²) >= 11 is 0.679. The SMILES string of the molecule is CC(C)C(=O)CCCC(=O)Nc1nnc(S(N)(=O)=O)s1. The van der Waals surface area contributed by atoms with Crippen molar-refractivity contribution in [2.45, 2.75) is 37.4 Å². The Bertz CT molecular complexity index is 594. The van der Waals surface area contributed by atoms with Crippen molar-refractivity contribution < 1.29 is 18.0 Å². The number of rotatable bonds is 7. The van der Waals surface area contributed by atoms with Gasteiger partial charge < -0.3 is 5.32 Å². The molecule has 0 fully saturated rings. The molecule has 3 N–H and O–H groups in total. The number of amides is 1. The Morgan fingerprint density at radius 1 is 1.30 bits per heavy atom. The molecule has 0 saturated carbocycles. The molecule has 0 saturated heterocycles. The van der Waals surface area contributed by atoms with Crippen LogP contribution in [-0.4, -0.2) is 30.3 Å². The van der Waals surface area contributed by atoms with E-state index in [0.29, 0.717) is 24.2 Å². The van der Waals surface area contributed by atoms with Gasteiger partial charge in [0.2, 0.25) is 15.4 Å². The molecule has 1 amide bonds. The highest BCUT2D eigenvalue weighted by atomic mass is 32.2. The van der Waals surface area contributed by atoms with Crippen molar-refractivity contribution in [3.63, 3.8) is 0 Å². The molecule has 0 aliphatic carbocycles. The normalized spacial score (nSPS) is 11.6. The molecule has 10 heteroatoms. The van der Waals surface area contributed by atoms with E-state index in [4.69, 9.17) is 5.14 Å². The van der Waals surface area contributed by atoms with Crippen molar-refractivity contribution in [1.82, 2.24) is 10.2 Å². The first-order valence-electron chi connectivity index (χ1n) is 5.89. The number of anilines is 1. The molecule has 112 valence electrons. The summed E-state index contributed by atoms with van der Waals surface area (Å²) in [5, 5.41) is 14.2. The van der Waals surface area contributed by atoms with E-state index in [1.807, 2.05) is 0 Å². The van der Waals surface area contributed by atoms with Crippen molar-refractivity contribution in [3.8, 4) is 0 Å². The molecule has 1 rings (SSSR count). The highest BCUT2D eigenvalue weighted by molar-refractivity contribution is 7.91. The minimum Gasteiger partial charge on any atom is -0.301 e. The van der Waals surface area contributed by atoms with Crippen LogP contribution < -0.4 is 10.5 Å². The van der Waals surface area contributed by atoms with Gasteiger partial charge >= 0.3 is 0 Å². The van der Waals surface area contributed by atoms with Gasteiger partial charge in [-0.1, -0.05) is 25.2 Å². The average Bonchev–Trinajstić information content (AvgIpc) is 2.76. The highest BCUT2D eigenvalue weighted by Gasteiger charge is 2.16. The lowest BCUT2D eigenvalue weighted by Crippen LogP contribution is -2.13. The molecule has 0 unspecified atom stereocenters. The number of Topliss-reactive ketones (excluding diaryl/α,β-unsaturated/α-hetero) is 1. The smallest absolute Gasteiger partial charge is 0.267 e. The second-order valence-electron chi connectivity index (χ2n) is 4.44. The van der Waals surface area contributed by atoms with Crippen LogP contribution in [0.1, 0.15) is 33.1 Å². The van der Waals surface area contributed by atoms with Gasteiger partial charge in [0.1, 0.15) is 5.78 Å². The summed E-state index contributed by atoms with van der Waals surface area (Å²) in [4.78, 5) is 22.9. The van der Waals surface area contributed by atoms with Crippen LogP contribution in [0.4, 0.5) is 5.13 Å². The Kier molecular flexibility index (Phi) is 5.72. The van der Waals surface area contributed by atoms with Crippen LogP contribution in [-0.2, 0) is 19.6 Å². The fourth-order valence-corrected chi connectivity index (χ4v) is 2.62. The lowest BCUT2D eigenvalue weighted by molar-refractivity contribution is -0.122. The largest absolute Gasteiger partial charge is 0.301 e. The average molecular weight is 320 g/mol. The maximum Gasteiger partial charge on any atom is 0.267 e. The number of sulfonamides is 1. The van der Waals surface area contributed by atoms with Crippen LogP contribution >= 0.6 is 11.3 Å². The van der Waals surface area contributed by atoms with Gasteiger partial charge in [-0.25, -0.2) is 13.6 Å². The molecule has 8 nitrogen and oxygen atoms in total. The van der Waals surface area contributed by atoms with E-state index < -0.39 is 10.0 Å². The van der Waals surface area contributed by atoms with Gasteiger partial charge in [0.15, 0.2) is 0 Å². The van der Waals surface area contributed by atoms with E-state index in [-0.39, 0.29) is 33.5 Å². The highest BCUT2D eigenvalue weighted by Crippen LogP contribution is 2.18. The molecule has 0 aliphatic rings. The summed E-state index contributed by atoms with van der Waals surface area (Å²) in [6.07, 6.45) is 0.927. The van der Waals surface area contributed by atoms with Crippen molar-refractivity contribution >= 4 is 38.2 Å². The van der Waals surface area contributed by atoms with Gasteiger partial charge in [-0.2, -0.15) is 0 Å². The minimum absolute atomic E-state index is 0.0430. The summed E-state index contributed by atoms with van der Waals surface area (Å²) < 4.78 is 21.6. The third kappa shape index (κ3) is 5.31. The zero-order valence-corrected chi connectivity index (χ0v) is 12.8. The predicted octanol–water partition coefficient (Wildman–Crippen LogP) is 0.519.